The number of nitrogens with one attached hydrogen (secondary N) is 1. The van der Waals surface area contributed by atoms with Crippen LogP contribution in [0.15, 0.2) is 46.9 Å². The average molecular weight is 347 g/mol. The van der Waals surface area contributed by atoms with Gasteiger partial charge in [-0.3, -0.25) is 10.1 Å². The Morgan fingerprint density at radius 1 is 1.20 bits per heavy atom. The fourth-order valence-electron chi connectivity index (χ4n) is 1.91. The highest BCUT2D eigenvalue weighted by Gasteiger charge is 2.12. The van der Waals surface area contributed by atoms with E-state index in [1.165, 1.54) is 11.3 Å². The molecule has 0 aliphatic rings. The Balaban J connectivity index is 1.94. The van der Waals surface area contributed by atoms with E-state index < -0.39 is 0 Å². The van der Waals surface area contributed by atoms with Gasteiger partial charge < -0.3 is 0 Å². The number of fused-ring (bicyclic) bond motifs is 1. The quantitative estimate of drug-likeness (QED) is 0.735. The third-order valence-corrected chi connectivity index (χ3v) is 4.88. The van der Waals surface area contributed by atoms with Crippen LogP contribution in [0.5, 0.6) is 0 Å². The first-order chi connectivity index (χ1) is 9.65. The molecule has 100 valence electrons. The zero-order valence-corrected chi connectivity index (χ0v) is 13.1. The monoisotopic (exact) mass is 346 g/mol. The summed E-state index contributed by atoms with van der Waals surface area (Å²) >= 11 is 4.98. The second kappa shape index (κ2) is 5.34. The van der Waals surface area contributed by atoms with E-state index >= 15 is 0 Å². The maximum Gasteiger partial charge on any atom is 0.257 e. The molecule has 0 atom stereocenters. The number of aryl methyl sites for hydroxylation is 1. The molecule has 0 unspecified atom stereocenters. The Bertz CT molecular complexity index is 744. The highest BCUT2D eigenvalue weighted by Crippen LogP contribution is 2.34. The predicted octanol–water partition coefficient (Wildman–Crippen LogP) is 4.62. The molecule has 5 heteroatoms. The minimum absolute atomic E-state index is 0.140. The van der Waals surface area contributed by atoms with Gasteiger partial charge in [-0.15, -0.1) is 0 Å². The van der Waals surface area contributed by atoms with Gasteiger partial charge in [0.15, 0.2) is 5.13 Å². The van der Waals surface area contributed by atoms with Crippen LogP contribution in [0, 0.1) is 6.92 Å². The fraction of sp³-hybridized carbons (Fsp3) is 0.0667. The van der Waals surface area contributed by atoms with E-state index in [-0.39, 0.29) is 5.91 Å². The van der Waals surface area contributed by atoms with Crippen molar-refractivity contribution in [2.75, 3.05) is 5.32 Å². The van der Waals surface area contributed by atoms with Crippen LogP contribution in [-0.4, -0.2) is 10.9 Å². The van der Waals surface area contributed by atoms with Crippen molar-refractivity contribution in [2.45, 2.75) is 6.92 Å². The number of nitrogens with zero attached hydrogens (tertiary/aromatic N) is 1. The van der Waals surface area contributed by atoms with Crippen molar-refractivity contribution >= 4 is 48.5 Å². The van der Waals surface area contributed by atoms with E-state index in [4.69, 9.17) is 0 Å². The third kappa shape index (κ3) is 2.46. The van der Waals surface area contributed by atoms with Crippen molar-refractivity contribution in [2.24, 2.45) is 0 Å². The molecule has 1 heterocycles. The summed E-state index contributed by atoms with van der Waals surface area (Å²) in [5.74, 6) is -0.140. The summed E-state index contributed by atoms with van der Waals surface area (Å²) in [4.78, 5) is 16.6. The van der Waals surface area contributed by atoms with Gasteiger partial charge in [-0.05, 0) is 46.6 Å². The minimum atomic E-state index is -0.140. The van der Waals surface area contributed by atoms with Crippen LogP contribution in [0.3, 0.4) is 0 Å². The van der Waals surface area contributed by atoms with Crippen LogP contribution in [0.2, 0.25) is 0 Å². The molecule has 0 radical (unpaired) electrons. The summed E-state index contributed by atoms with van der Waals surface area (Å²) in [6, 6.07) is 13.1. The summed E-state index contributed by atoms with van der Waals surface area (Å²) in [5.41, 5.74) is 2.65. The van der Waals surface area contributed by atoms with Gasteiger partial charge in [0.2, 0.25) is 0 Å². The molecular formula is C15H11BrN2OS. The number of benzene rings is 2. The van der Waals surface area contributed by atoms with Crippen molar-refractivity contribution in [3.8, 4) is 0 Å². The molecule has 0 bridgehead atoms. The van der Waals surface area contributed by atoms with Crippen molar-refractivity contribution in [3.05, 3.63) is 58.1 Å². The largest absolute Gasteiger partial charge is 0.298 e. The lowest BCUT2D eigenvalue weighted by Gasteiger charge is -2.00. The molecule has 0 spiro atoms. The Morgan fingerprint density at radius 2 is 1.95 bits per heavy atom. The smallest absolute Gasteiger partial charge is 0.257 e. The minimum Gasteiger partial charge on any atom is -0.298 e. The second-order valence-corrected chi connectivity index (χ2v) is 6.23. The van der Waals surface area contributed by atoms with Crippen LogP contribution >= 0.6 is 27.3 Å². The van der Waals surface area contributed by atoms with Gasteiger partial charge in [0.25, 0.3) is 5.91 Å². The van der Waals surface area contributed by atoms with Crippen molar-refractivity contribution in [3.63, 3.8) is 0 Å². The van der Waals surface area contributed by atoms with Gasteiger partial charge in [-0.25, -0.2) is 4.98 Å². The fourth-order valence-corrected chi connectivity index (χ4v) is 3.42. The molecule has 3 nitrogen and oxygen atoms in total. The molecule has 1 aromatic heterocycles. The number of carbonyl (C=O) groups excluding carboxylic acids is 1. The van der Waals surface area contributed by atoms with Gasteiger partial charge >= 0.3 is 0 Å². The van der Waals surface area contributed by atoms with Crippen LogP contribution in [-0.2, 0) is 0 Å². The van der Waals surface area contributed by atoms with Crippen molar-refractivity contribution in [1.29, 1.82) is 0 Å². The number of hydrogen-bond donors (Lipinski definition) is 1. The number of anilines is 1. The lowest BCUT2D eigenvalue weighted by atomic mass is 10.2. The van der Waals surface area contributed by atoms with Gasteiger partial charge in [0.1, 0.15) is 0 Å². The molecule has 0 saturated carbocycles. The van der Waals surface area contributed by atoms with E-state index in [0.29, 0.717) is 10.7 Å². The first kappa shape index (κ1) is 13.3. The summed E-state index contributed by atoms with van der Waals surface area (Å²) < 4.78 is 2.05. The molecule has 2 aromatic carbocycles. The summed E-state index contributed by atoms with van der Waals surface area (Å²) in [6.45, 7) is 2.01. The highest BCUT2D eigenvalue weighted by atomic mass is 79.9. The normalized spacial score (nSPS) is 10.7. The lowest BCUT2D eigenvalue weighted by Crippen LogP contribution is -2.11. The number of hydrogen-bond acceptors (Lipinski definition) is 3. The van der Waals surface area contributed by atoms with Crippen LogP contribution in [0.25, 0.3) is 10.2 Å². The van der Waals surface area contributed by atoms with E-state index in [9.17, 15) is 4.79 Å². The van der Waals surface area contributed by atoms with Crippen molar-refractivity contribution in [1.82, 2.24) is 4.98 Å². The summed E-state index contributed by atoms with van der Waals surface area (Å²) in [5, 5.41) is 3.46. The first-order valence-electron chi connectivity index (χ1n) is 6.07. The molecule has 1 N–H and O–H groups in total. The van der Waals surface area contributed by atoms with E-state index in [1.54, 1.807) is 12.1 Å². The van der Waals surface area contributed by atoms with Crippen LogP contribution in [0.1, 0.15) is 15.9 Å². The van der Waals surface area contributed by atoms with Crippen molar-refractivity contribution < 1.29 is 4.79 Å². The maximum atomic E-state index is 12.1. The van der Waals surface area contributed by atoms with Gasteiger partial charge in [-0.2, -0.15) is 0 Å². The number of aromatic nitrogens is 1. The van der Waals surface area contributed by atoms with Gasteiger partial charge in [0, 0.05) is 10.0 Å². The van der Waals surface area contributed by atoms with Gasteiger partial charge in [-0.1, -0.05) is 35.6 Å². The maximum absolute atomic E-state index is 12.1. The molecule has 3 rings (SSSR count). The number of halogens is 1. The first-order valence-corrected chi connectivity index (χ1v) is 7.68. The third-order valence-electron chi connectivity index (χ3n) is 2.95. The Morgan fingerprint density at radius 3 is 2.65 bits per heavy atom. The van der Waals surface area contributed by atoms with E-state index in [2.05, 4.69) is 26.2 Å². The number of amides is 1. The zero-order chi connectivity index (χ0) is 14.1. The molecule has 3 aromatic rings. The van der Waals surface area contributed by atoms with Crippen LogP contribution < -0.4 is 5.32 Å². The summed E-state index contributed by atoms with van der Waals surface area (Å²) in [7, 11) is 0. The SMILES string of the molecule is Cc1ccc(Br)c2sc(NC(=O)c3ccccc3)nc12. The molecule has 1 amide bonds. The Labute approximate surface area is 128 Å². The topological polar surface area (TPSA) is 42.0 Å². The standard InChI is InChI=1S/C15H11BrN2OS/c1-9-7-8-11(16)13-12(9)17-15(20-13)18-14(19)10-5-3-2-4-6-10/h2-8H,1H3,(H,17,18,19). The highest BCUT2D eigenvalue weighted by molar-refractivity contribution is 9.10. The number of carbonyl (C=O) groups is 1. The predicted molar refractivity (Wildman–Crippen MR) is 86.5 cm³/mol. The van der Waals surface area contributed by atoms with E-state index in [1.807, 2.05) is 37.3 Å². The Kier molecular flexibility index (Phi) is 3.54. The molecule has 0 aliphatic heterocycles. The van der Waals surface area contributed by atoms with Gasteiger partial charge in [0.05, 0.1) is 10.2 Å². The summed E-state index contributed by atoms with van der Waals surface area (Å²) in [6.07, 6.45) is 0. The molecule has 20 heavy (non-hydrogen) atoms. The van der Waals surface area contributed by atoms with Crippen LogP contribution in [0.4, 0.5) is 5.13 Å². The van der Waals surface area contributed by atoms with E-state index in [0.717, 1.165) is 20.3 Å². The molecular weight excluding hydrogens is 336 g/mol. The lowest BCUT2D eigenvalue weighted by molar-refractivity contribution is 0.102. The zero-order valence-electron chi connectivity index (χ0n) is 10.7. The second-order valence-electron chi connectivity index (χ2n) is 4.38. The molecule has 0 aliphatic carbocycles. The molecule has 0 fully saturated rings. The average Bonchev–Trinajstić information content (AvgIpc) is 2.89. The Hall–Kier alpha value is -1.72. The number of rotatable bonds is 2. The molecule has 0 saturated heterocycles. The number of thiazole rings is 1.